The number of carbonyl (C=O) groups excluding carboxylic acids is 1. The van der Waals surface area contributed by atoms with Gasteiger partial charge in [0.15, 0.2) is 11.5 Å². The number of methoxy groups -OCH3 is 2. The second kappa shape index (κ2) is 11.1. The molecule has 3 aromatic carbocycles. The lowest BCUT2D eigenvalue weighted by atomic mass is 9.98. The Morgan fingerprint density at radius 1 is 0.943 bits per heavy atom. The van der Waals surface area contributed by atoms with Gasteiger partial charge in [0, 0.05) is 35.2 Å². The van der Waals surface area contributed by atoms with Crippen molar-refractivity contribution < 1.29 is 19.0 Å². The van der Waals surface area contributed by atoms with E-state index in [1.807, 2.05) is 67.5 Å². The molecule has 0 radical (unpaired) electrons. The summed E-state index contributed by atoms with van der Waals surface area (Å²) in [5.74, 6) is 2.30. The van der Waals surface area contributed by atoms with Crippen molar-refractivity contribution in [1.29, 1.82) is 0 Å². The summed E-state index contributed by atoms with van der Waals surface area (Å²) in [6.07, 6.45) is 0.788. The summed E-state index contributed by atoms with van der Waals surface area (Å²) < 4.78 is 18.0. The average Bonchev–Trinajstić information content (AvgIpc) is 2.86. The maximum absolute atomic E-state index is 13.2. The van der Waals surface area contributed by atoms with Gasteiger partial charge in [0.2, 0.25) is 0 Å². The van der Waals surface area contributed by atoms with E-state index < -0.39 is 0 Å². The number of nitrogens with zero attached hydrogens (tertiary/aromatic N) is 2. The molecular formula is C28H31BrN2O4. The molecular weight excluding hydrogens is 508 g/mol. The van der Waals surface area contributed by atoms with E-state index in [4.69, 9.17) is 14.2 Å². The van der Waals surface area contributed by atoms with Gasteiger partial charge in [-0.15, -0.1) is 0 Å². The minimum Gasteiger partial charge on any atom is -0.493 e. The van der Waals surface area contributed by atoms with Gasteiger partial charge in [-0.2, -0.15) is 0 Å². The van der Waals surface area contributed by atoms with Crippen LogP contribution < -0.4 is 14.2 Å². The molecule has 184 valence electrons. The highest BCUT2D eigenvalue weighted by Gasteiger charge is 2.23. The Morgan fingerprint density at radius 2 is 1.63 bits per heavy atom. The van der Waals surface area contributed by atoms with E-state index in [-0.39, 0.29) is 5.91 Å². The standard InChI is InChI=1S/C28H31BrN2O4/c1-30(2)16-23-13-24(29)9-10-25(23)35-18-19-5-7-20(8-6-19)28(32)31-12-11-21-14-26(33-3)27(34-4)15-22(21)17-31/h5-10,13-15H,11-12,16-18H2,1-4H3. The third-order valence-corrected chi connectivity index (χ3v) is 6.60. The molecule has 35 heavy (non-hydrogen) atoms. The summed E-state index contributed by atoms with van der Waals surface area (Å²) in [5, 5.41) is 0. The van der Waals surface area contributed by atoms with E-state index in [9.17, 15) is 4.79 Å². The van der Waals surface area contributed by atoms with Gasteiger partial charge >= 0.3 is 0 Å². The van der Waals surface area contributed by atoms with Gasteiger partial charge in [-0.25, -0.2) is 0 Å². The molecule has 7 heteroatoms. The van der Waals surface area contributed by atoms with Gasteiger partial charge in [-0.05, 0) is 79.7 Å². The van der Waals surface area contributed by atoms with E-state index in [0.717, 1.165) is 45.6 Å². The van der Waals surface area contributed by atoms with Crippen LogP contribution in [0.25, 0.3) is 0 Å². The van der Waals surface area contributed by atoms with Gasteiger partial charge < -0.3 is 24.0 Å². The molecule has 0 saturated carbocycles. The lowest BCUT2D eigenvalue weighted by Crippen LogP contribution is -2.36. The van der Waals surface area contributed by atoms with Crippen molar-refractivity contribution in [2.45, 2.75) is 26.1 Å². The molecule has 1 aliphatic rings. The molecule has 0 aliphatic carbocycles. The number of fused-ring (bicyclic) bond motifs is 1. The van der Waals surface area contributed by atoms with Crippen LogP contribution in [-0.4, -0.2) is 50.6 Å². The van der Waals surface area contributed by atoms with Gasteiger partial charge in [-0.1, -0.05) is 28.1 Å². The van der Waals surface area contributed by atoms with Crippen molar-refractivity contribution in [3.8, 4) is 17.2 Å². The van der Waals surface area contributed by atoms with E-state index in [1.54, 1.807) is 14.2 Å². The summed E-state index contributed by atoms with van der Waals surface area (Å²) in [6.45, 7) is 2.46. The van der Waals surface area contributed by atoms with Crippen LogP contribution in [0.5, 0.6) is 17.2 Å². The van der Waals surface area contributed by atoms with Gasteiger partial charge in [0.1, 0.15) is 12.4 Å². The quantitative estimate of drug-likeness (QED) is 0.389. The van der Waals surface area contributed by atoms with Crippen molar-refractivity contribution in [1.82, 2.24) is 9.80 Å². The van der Waals surface area contributed by atoms with Crippen molar-refractivity contribution in [2.75, 3.05) is 34.9 Å². The van der Waals surface area contributed by atoms with Crippen LogP contribution in [0.4, 0.5) is 0 Å². The second-order valence-corrected chi connectivity index (χ2v) is 9.84. The molecule has 4 rings (SSSR count). The van der Waals surface area contributed by atoms with Crippen molar-refractivity contribution in [2.24, 2.45) is 0 Å². The predicted octanol–water partition coefficient (Wildman–Crippen LogP) is 5.31. The Kier molecular flexibility index (Phi) is 7.98. The number of benzene rings is 3. The van der Waals surface area contributed by atoms with E-state index >= 15 is 0 Å². The zero-order chi connectivity index (χ0) is 24.9. The summed E-state index contributed by atoms with van der Waals surface area (Å²) in [7, 11) is 7.34. The number of ether oxygens (including phenoxy) is 3. The summed E-state index contributed by atoms with van der Waals surface area (Å²) >= 11 is 3.54. The fourth-order valence-electron chi connectivity index (χ4n) is 4.30. The third kappa shape index (κ3) is 5.97. The van der Waals surface area contributed by atoms with E-state index in [2.05, 4.69) is 26.9 Å². The highest BCUT2D eigenvalue weighted by molar-refractivity contribution is 9.10. The molecule has 1 aliphatic heterocycles. The first-order valence-corrected chi connectivity index (χ1v) is 12.3. The lowest BCUT2D eigenvalue weighted by Gasteiger charge is -2.29. The van der Waals surface area contributed by atoms with Gasteiger partial charge in [0.25, 0.3) is 5.91 Å². The Morgan fingerprint density at radius 3 is 2.29 bits per heavy atom. The van der Waals surface area contributed by atoms with Crippen LogP contribution in [0.3, 0.4) is 0 Å². The fourth-order valence-corrected chi connectivity index (χ4v) is 4.71. The van der Waals surface area contributed by atoms with Gasteiger partial charge in [0.05, 0.1) is 14.2 Å². The Bertz CT molecular complexity index is 1190. The van der Waals surface area contributed by atoms with Crippen LogP contribution in [-0.2, 0) is 26.1 Å². The molecule has 3 aromatic rings. The zero-order valence-corrected chi connectivity index (χ0v) is 22.2. The molecule has 0 N–H and O–H groups in total. The zero-order valence-electron chi connectivity index (χ0n) is 20.6. The molecule has 6 nitrogen and oxygen atoms in total. The minimum absolute atomic E-state index is 0.0269. The molecule has 0 atom stereocenters. The van der Waals surface area contributed by atoms with Crippen LogP contribution in [0, 0.1) is 0 Å². The van der Waals surface area contributed by atoms with Gasteiger partial charge in [-0.3, -0.25) is 4.79 Å². The normalized spacial score (nSPS) is 12.9. The lowest BCUT2D eigenvalue weighted by molar-refractivity contribution is 0.0734. The fraction of sp³-hybridized carbons (Fsp3) is 0.321. The molecule has 0 spiro atoms. The van der Waals surface area contributed by atoms with Crippen LogP contribution in [0.1, 0.15) is 32.6 Å². The SMILES string of the molecule is COc1cc2c(cc1OC)CN(C(=O)c1ccc(COc3ccc(Br)cc3CN(C)C)cc1)CC2. The number of hydrogen-bond donors (Lipinski definition) is 0. The Balaban J connectivity index is 1.41. The minimum atomic E-state index is 0.0269. The average molecular weight is 539 g/mol. The largest absolute Gasteiger partial charge is 0.493 e. The Labute approximate surface area is 215 Å². The first kappa shape index (κ1) is 25.1. The van der Waals surface area contributed by atoms with Crippen LogP contribution in [0.15, 0.2) is 59.1 Å². The van der Waals surface area contributed by atoms with Crippen LogP contribution >= 0.6 is 15.9 Å². The monoisotopic (exact) mass is 538 g/mol. The number of rotatable bonds is 8. The van der Waals surface area contributed by atoms with Crippen molar-refractivity contribution in [3.05, 3.63) is 86.9 Å². The molecule has 0 saturated heterocycles. The van der Waals surface area contributed by atoms with Crippen molar-refractivity contribution in [3.63, 3.8) is 0 Å². The number of amides is 1. The molecule has 0 aromatic heterocycles. The highest BCUT2D eigenvalue weighted by atomic mass is 79.9. The maximum atomic E-state index is 13.2. The molecule has 1 heterocycles. The smallest absolute Gasteiger partial charge is 0.254 e. The van der Waals surface area contributed by atoms with Crippen LogP contribution in [0.2, 0.25) is 0 Å². The molecule has 0 fully saturated rings. The first-order valence-electron chi connectivity index (χ1n) is 11.6. The number of halogens is 1. The number of hydrogen-bond acceptors (Lipinski definition) is 5. The third-order valence-electron chi connectivity index (χ3n) is 6.11. The van der Waals surface area contributed by atoms with E-state index in [1.165, 1.54) is 5.56 Å². The Hall–Kier alpha value is -3.03. The highest BCUT2D eigenvalue weighted by Crippen LogP contribution is 2.33. The summed E-state index contributed by atoms with van der Waals surface area (Å²) in [6, 6.07) is 17.7. The molecule has 0 unspecified atom stereocenters. The number of carbonyl (C=O) groups is 1. The maximum Gasteiger partial charge on any atom is 0.254 e. The predicted molar refractivity (Wildman–Crippen MR) is 140 cm³/mol. The first-order chi connectivity index (χ1) is 16.9. The van der Waals surface area contributed by atoms with E-state index in [0.29, 0.717) is 31.0 Å². The molecule has 0 bridgehead atoms. The topological polar surface area (TPSA) is 51.2 Å². The summed E-state index contributed by atoms with van der Waals surface area (Å²) in [5.41, 5.74) is 5.10. The molecule has 1 amide bonds. The van der Waals surface area contributed by atoms with Crippen molar-refractivity contribution >= 4 is 21.8 Å². The second-order valence-electron chi connectivity index (χ2n) is 8.93. The summed E-state index contributed by atoms with van der Waals surface area (Å²) in [4.78, 5) is 17.2.